The molecule has 0 spiro atoms. The van der Waals surface area contributed by atoms with Gasteiger partial charge in [-0.2, -0.15) is 0 Å². The van der Waals surface area contributed by atoms with Gasteiger partial charge in [-0.25, -0.2) is 0 Å². The summed E-state index contributed by atoms with van der Waals surface area (Å²) in [4.78, 5) is 0. The Bertz CT molecular complexity index is 306. The van der Waals surface area contributed by atoms with Crippen LogP contribution in [0, 0.1) is 5.92 Å². The molecule has 1 aromatic carbocycles. The van der Waals surface area contributed by atoms with Gasteiger partial charge in [-0.1, -0.05) is 37.3 Å². The van der Waals surface area contributed by atoms with Gasteiger partial charge in [0.2, 0.25) is 0 Å². The zero-order chi connectivity index (χ0) is 11.9. The second-order valence-electron chi connectivity index (χ2n) is 4.81. The summed E-state index contributed by atoms with van der Waals surface area (Å²) in [7, 11) is 0. The number of nitrogens with one attached hydrogen (secondary N) is 1. The molecule has 1 fully saturated rings. The van der Waals surface area contributed by atoms with Gasteiger partial charge in [0.25, 0.3) is 0 Å². The lowest BCUT2D eigenvalue weighted by Gasteiger charge is -2.31. The first-order valence-corrected chi connectivity index (χ1v) is 6.79. The molecule has 2 nitrogen and oxygen atoms in total. The van der Waals surface area contributed by atoms with Crippen LogP contribution >= 0.6 is 0 Å². The van der Waals surface area contributed by atoms with Gasteiger partial charge in [0, 0.05) is 19.1 Å². The van der Waals surface area contributed by atoms with E-state index in [4.69, 9.17) is 4.74 Å². The smallest absolute Gasteiger partial charge is 0.0865 e. The van der Waals surface area contributed by atoms with Crippen molar-refractivity contribution in [2.75, 3.05) is 19.7 Å². The molecule has 1 aliphatic heterocycles. The highest BCUT2D eigenvalue weighted by molar-refractivity contribution is 5.18. The molecule has 0 unspecified atom stereocenters. The van der Waals surface area contributed by atoms with Crippen LogP contribution in [0.3, 0.4) is 0 Å². The first-order chi connectivity index (χ1) is 8.42. The van der Waals surface area contributed by atoms with Crippen molar-refractivity contribution >= 4 is 0 Å². The standard InChI is InChI=1S/C15H23NO/c1-2-11-17-15(13-7-4-3-5-8-13)14-9-6-10-16-12-14/h3-5,7-8,14-16H,2,6,9-12H2,1H3/t14-,15+/m1/s1. The molecule has 0 amide bonds. The number of ether oxygens (including phenoxy) is 1. The monoisotopic (exact) mass is 233 g/mol. The van der Waals surface area contributed by atoms with Crippen LogP contribution in [-0.2, 0) is 4.74 Å². The second-order valence-corrected chi connectivity index (χ2v) is 4.81. The highest BCUT2D eigenvalue weighted by Crippen LogP contribution is 2.30. The summed E-state index contributed by atoms with van der Waals surface area (Å²) in [5, 5.41) is 3.48. The number of hydrogen-bond donors (Lipinski definition) is 1. The molecule has 0 radical (unpaired) electrons. The van der Waals surface area contributed by atoms with Crippen LogP contribution in [0.5, 0.6) is 0 Å². The Labute approximate surface area is 104 Å². The minimum Gasteiger partial charge on any atom is -0.373 e. The first kappa shape index (κ1) is 12.6. The predicted molar refractivity (Wildman–Crippen MR) is 71.0 cm³/mol. The summed E-state index contributed by atoms with van der Waals surface area (Å²) in [6.07, 6.45) is 3.90. The summed E-state index contributed by atoms with van der Waals surface area (Å²) in [5.41, 5.74) is 1.33. The van der Waals surface area contributed by atoms with Gasteiger partial charge in [0.15, 0.2) is 0 Å². The van der Waals surface area contributed by atoms with E-state index in [-0.39, 0.29) is 6.10 Å². The Hall–Kier alpha value is -0.860. The molecule has 94 valence electrons. The first-order valence-electron chi connectivity index (χ1n) is 6.79. The molecule has 0 aromatic heterocycles. The normalized spacial score (nSPS) is 22.3. The number of piperidine rings is 1. The zero-order valence-electron chi connectivity index (χ0n) is 10.7. The van der Waals surface area contributed by atoms with E-state index in [1.54, 1.807) is 0 Å². The molecule has 0 aliphatic carbocycles. The molecule has 2 atom stereocenters. The third kappa shape index (κ3) is 3.55. The van der Waals surface area contributed by atoms with Gasteiger partial charge in [-0.05, 0) is 31.4 Å². The summed E-state index contributed by atoms with van der Waals surface area (Å²) in [6.45, 7) is 5.27. The fraction of sp³-hybridized carbons (Fsp3) is 0.600. The van der Waals surface area contributed by atoms with E-state index in [9.17, 15) is 0 Å². The van der Waals surface area contributed by atoms with E-state index < -0.39 is 0 Å². The molecule has 17 heavy (non-hydrogen) atoms. The van der Waals surface area contributed by atoms with Crippen LogP contribution in [0.2, 0.25) is 0 Å². The highest BCUT2D eigenvalue weighted by Gasteiger charge is 2.25. The maximum atomic E-state index is 6.08. The van der Waals surface area contributed by atoms with Crippen molar-refractivity contribution in [1.29, 1.82) is 0 Å². The van der Waals surface area contributed by atoms with E-state index in [0.717, 1.165) is 26.1 Å². The van der Waals surface area contributed by atoms with E-state index in [1.807, 2.05) is 0 Å². The van der Waals surface area contributed by atoms with Gasteiger partial charge in [0.1, 0.15) is 0 Å². The third-order valence-corrected chi connectivity index (χ3v) is 3.39. The average Bonchev–Trinajstić information content (AvgIpc) is 2.42. The van der Waals surface area contributed by atoms with Crippen molar-refractivity contribution in [3.05, 3.63) is 35.9 Å². The molecule has 2 rings (SSSR count). The SMILES string of the molecule is CCCO[C@@H](c1ccccc1)[C@@H]1CCCNC1. The van der Waals surface area contributed by atoms with Crippen molar-refractivity contribution in [2.45, 2.75) is 32.3 Å². The minimum atomic E-state index is 0.268. The minimum absolute atomic E-state index is 0.268. The molecular formula is C15H23NO. The Kier molecular flexibility index (Phi) is 5.02. The summed E-state index contributed by atoms with van der Waals surface area (Å²) in [5.74, 6) is 0.623. The van der Waals surface area contributed by atoms with Gasteiger partial charge >= 0.3 is 0 Å². The lowest BCUT2D eigenvalue weighted by molar-refractivity contribution is 0.00327. The molecule has 0 bridgehead atoms. The van der Waals surface area contributed by atoms with Crippen LogP contribution in [-0.4, -0.2) is 19.7 Å². The predicted octanol–water partition coefficient (Wildman–Crippen LogP) is 3.15. The zero-order valence-corrected chi connectivity index (χ0v) is 10.7. The summed E-state index contributed by atoms with van der Waals surface area (Å²) in [6, 6.07) is 10.7. The van der Waals surface area contributed by atoms with Gasteiger partial charge in [0.05, 0.1) is 6.10 Å². The Morgan fingerprint density at radius 3 is 2.82 bits per heavy atom. The number of rotatable bonds is 5. The van der Waals surface area contributed by atoms with Crippen LogP contribution in [0.15, 0.2) is 30.3 Å². The number of benzene rings is 1. The van der Waals surface area contributed by atoms with Crippen LogP contribution < -0.4 is 5.32 Å². The van der Waals surface area contributed by atoms with Gasteiger partial charge in [-0.3, -0.25) is 0 Å². The van der Waals surface area contributed by atoms with Crippen LogP contribution in [0.25, 0.3) is 0 Å². The second kappa shape index (κ2) is 6.77. The third-order valence-electron chi connectivity index (χ3n) is 3.39. The van der Waals surface area contributed by atoms with Crippen LogP contribution in [0.4, 0.5) is 0 Å². The van der Waals surface area contributed by atoms with E-state index in [1.165, 1.54) is 18.4 Å². The number of hydrogen-bond acceptors (Lipinski definition) is 2. The van der Waals surface area contributed by atoms with Crippen molar-refractivity contribution < 1.29 is 4.74 Å². The van der Waals surface area contributed by atoms with Gasteiger partial charge < -0.3 is 10.1 Å². The van der Waals surface area contributed by atoms with Crippen molar-refractivity contribution in [1.82, 2.24) is 5.32 Å². The lowest BCUT2D eigenvalue weighted by atomic mass is 9.89. The summed E-state index contributed by atoms with van der Waals surface area (Å²) >= 11 is 0. The highest BCUT2D eigenvalue weighted by atomic mass is 16.5. The Morgan fingerprint density at radius 2 is 2.18 bits per heavy atom. The van der Waals surface area contributed by atoms with Crippen molar-refractivity contribution in [3.8, 4) is 0 Å². The molecule has 1 aliphatic rings. The van der Waals surface area contributed by atoms with Gasteiger partial charge in [-0.15, -0.1) is 0 Å². The molecule has 1 N–H and O–H groups in total. The molecule has 1 heterocycles. The topological polar surface area (TPSA) is 21.3 Å². The largest absolute Gasteiger partial charge is 0.373 e. The van der Waals surface area contributed by atoms with Crippen LogP contribution in [0.1, 0.15) is 37.9 Å². The maximum Gasteiger partial charge on any atom is 0.0865 e. The molecule has 0 saturated carbocycles. The lowest BCUT2D eigenvalue weighted by Crippen LogP contribution is -2.34. The van der Waals surface area contributed by atoms with E-state index in [0.29, 0.717) is 5.92 Å². The quantitative estimate of drug-likeness (QED) is 0.843. The fourth-order valence-electron chi connectivity index (χ4n) is 2.53. The van der Waals surface area contributed by atoms with Crippen molar-refractivity contribution in [3.63, 3.8) is 0 Å². The summed E-state index contributed by atoms with van der Waals surface area (Å²) < 4.78 is 6.08. The molecule has 2 heteroatoms. The fourth-order valence-corrected chi connectivity index (χ4v) is 2.53. The maximum absolute atomic E-state index is 6.08. The van der Waals surface area contributed by atoms with E-state index in [2.05, 4.69) is 42.6 Å². The van der Waals surface area contributed by atoms with E-state index >= 15 is 0 Å². The molecule has 1 saturated heterocycles. The van der Waals surface area contributed by atoms with Crippen molar-refractivity contribution in [2.24, 2.45) is 5.92 Å². The Morgan fingerprint density at radius 1 is 1.35 bits per heavy atom. The Balaban J connectivity index is 2.06. The average molecular weight is 233 g/mol. The molecule has 1 aromatic rings. The molecular weight excluding hydrogens is 210 g/mol.